The lowest BCUT2D eigenvalue weighted by Crippen LogP contribution is -2.33. The fraction of sp³-hybridized carbons (Fsp3) is 0.423. The van der Waals surface area contributed by atoms with Crippen molar-refractivity contribution in [2.45, 2.75) is 58.0 Å². The summed E-state index contributed by atoms with van der Waals surface area (Å²) in [6.07, 6.45) is 7.19. The van der Waals surface area contributed by atoms with E-state index in [-0.39, 0.29) is 0 Å². The van der Waals surface area contributed by atoms with Crippen LogP contribution in [0.1, 0.15) is 60.5 Å². The monoisotopic (exact) mass is 434 g/mol. The van der Waals surface area contributed by atoms with Crippen LogP contribution < -0.4 is 5.32 Å². The Hall–Kier alpha value is -2.30. The molecule has 2 aromatic carbocycles. The topological polar surface area (TPSA) is 33.1 Å². The van der Waals surface area contributed by atoms with Crippen LogP contribution in [0, 0.1) is 6.92 Å². The van der Waals surface area contributed by atoms with Crippen LogP contribution in [0.4, 0.5) is 5.82 Å². The first-order valence-corrected chi connectivity index (χ1v) is 12.0. The van der Waals surface area contributed by atoms with Gasteiger partial charge in [0.1, 0.15) is 5.82 Å². The Morgan fingerprint density at radius 3 is 2.77 bits per heavy atom. The van der Waals surface area contributed by atoms with Crippen molar-refractivity contribution in [3.63, 3.8) is 0 Å². The fourth-order valence-corrected chi connectivity index (χ4v) is 5.18. The maximum Gasteiger partial charge on any atom is 0.133 e. The van der Waals surface area contributed by atoms with Crippen LogP contribution >= 0.6 is 11.6 Å². The lowest BCUT2D eigenvalue weighted by atomic mass is 9.94. The van der Waals surface area contributed by atoms with Crippen LogP contribution in [-0.2, 0) is 13.0 Å². The highest BCUT2D eigenvalue weighted by Crippen LogP contribution is 2.38. The SMILES string of the molecule is Cc1ccc(-n2nc(C3CCCCN3Cc3ccccc3)c3c2NCCCC3)cc1Cl. The van der Waals surface area contributed by atoms with Gasteiger partial charge in [0, 0.05) is 23.7 Å². The molecule has 1 aromatic heterocycles. The molecular formula is C26H31ClN4. The molecule has 5 rings (SSSR count). The van der Waals surface area contributed by atoms with Crippen LogP contribution in [0.15, 0.2) is 48.5 Å². The molecular weight excluding hydrogens is 404 g/mol. The molecule has 1 unspecified atom stereocenters. The summed E-state index contributed by atoms with van der Waals surface area (Å²) in [4.78, 5) is 2.64. The molecule has 0 spiro atoms. The van der Waals surface area contributed by atoms with Crippen molar-refractivity contribution >= 4 is 17.4 Å². The van der Waals surface area contributed by atoms with E-state index in [0.717, 1.165) is 48.1 Å². The van der Waals surface area contributed by atoms with Gasteiger partial charge in [0.2, 0.25) is 0 Å². The normalized spacial score (nSPS) is 19.5. The second-order valence-corrected chi connectivity index (χ2v) is 9.32. The van der Waals surface area contributed by atoms with Gasteiger partial charge in [-0.25, -0.2) is 4.68 Å². The molecule has 5 heteroatoms. The number of nitrogens with one attached hydrogen (secondary N) is 1. The molecule has 31 heavy (non-hydrogen) atoms. The number of hydrogen-bond donors (Lipinski definition) is 1. The number of benzene rings is 2. The van der Waals surface area contributed by atoms with Gasteiger partial charge in [-0.1, -0.05) is 54.4 Å². The van der Waals surface area contributed by atoms with Gasteiger partial charge < -0.3 is 5.32 Å². The maximum atomic E-state index is 6.48. The first-order chi connectivity index (χ1) is 15.2. The molecule has 162 valence electrons. The summed E-state index contributed by atoms with van der Waals surface area (Å²) in [6, 6.07) is 17.5. The zero-order valence-electron chi connectivity index (χ0n) is 18.3. The molecule has 1 saturated heterocycles. The van der Waals surface area contributed by atoms with Crippen molar-refractivity contribution in [1.82, 2.24) is 14.7 Å². The molecule has 0 bridgehead atoms. The summed E-state index contributed by atoms with van der Waals surface area (Å²) >= 11 is 6.48. The smallest absolute Gasteiger partial charge is 0.133 e. The number of likely N-dealkylation sites (tertiary alicyclic amines) is 1. The second-order valence-electron chi connectivity index (χ2n) is 8.91. The number of rotatable bonds is 4. The van der Waals surface area contributed by atoms with Gasteiger partial charge in [-0.2, -0.15) is 5.10 Å². The minimum Gasteiger partial charge on any atom is -0.370 e. The Bertz CT molecular complexity index is 1040. The van der Waals surface area contributed by atoms with Gasteiger partial charge in [0.05, 0.1) is 17.4 Å². The highest BCUT2D eigenvalue weighted by Gasteiger charge is 2.31. The minimum absolute atomic E-state index is 0.366. The number of hydrogen-bond acceptors (Lipinski definition) is 3. The molecule has 4 nitrogen and oxygen atoms in total. The van der Waals surface area contributed by atoms with E-state index in [1.807, 2.05) is 13.0 Å². The molecule has 1 atom stereocenters. The van der Waals surface area contributed by atoms with Gasteiger partial charge in [0.25, 0.3) is 0 Å². The molecule has 0 radical (unpaired) electrons. The number of fused-ring (bicyclic) bond motifs is 1. The third kappa shape index (κ3) is 4.24. The summed E-state index contributed by atoms with van der Waals surface area (Å²) < 4.78 is 2.11. The van der Waals surface area contributed by atoms with Crippen molar-refractivity contribution in [3.8, 4) is 5.69 Å². The number of nitrogens with zero attached hydrogens (tertiary/aromatic N) is 3. The Kier molecular flexibility index (Phi) is 6.02. The lowest BCUT2D eigenvalue weighted by molar-refractivity contribution is 0.136. The quantitative estimate of drug-likeness (QED) is 0.522. The average Bonchev–Trinajstić information content (AvgIpc) is 2.97. The zero-order chi connectivity index (χ0) is 21.2. The van der Waals surface area contributed by atoms with E-state index in [1.165, 1.54) is 48.9 Å². The van der Waals surface area contributed by atoms with Crippen LogP contribution in [0.3, 0.4) is 0 Å². The van der Waals surface area contributed by atoms with Crippen molar-refractivity contribution in [1.29, 1.82) is 0 Å². The van der Waals surface area contributed by atoms with E-state index in [1.54, 1.807) is 0 Å². The Morgan fingerprint density at radius 1 is 1.06 bits per heavy atom. The largest absolute Gasteiger partial charge is 0.370 e. The van der Waals surface area contributed by atoms with E-state index in [4.69, 9.17) is 16.7 Å². The summed E-state index contributed by atoms with van der Waals surface area (Å²) in [7, 11) is 0. The number of aryl methyl sites for hydroxylation is 1. The molecule has 3 aromatic rings. The Morgan fingerprint density at radius 2 is 1.94 bits per heavy atom. The van der Waals surface area contributed by atoms with Crippen molar-refractivity contribution in [2.75, 3.05) is 18.4 Å². The molecule has 1 N–H and O–H groups in total. The molecule has 0 saturated carbocycles. The number of anilines is 1. The van der Waals surface area contributed by atoms with E-state index in [2.05, 4.69) is 57.4 Å². The predicted molar refractivity (Wildman–Crippen MR) is 128 cm³/mol. The third-order valence-corrected chi connectivity index (χ3v) is 7.13. The molecule has 2 aliphatic heterocycles. The van der Waals surface area contributed by atoms with Crippen molar-refractivity contribution in [2.24, 2.45) is 0 Å². The van der Waals surface area contributed by atoms with Crippen LogP contribution in [0.2, 0.25) is 5.02 Å². The van der Waals surface area contributed by atoms with Crippen molar-refractivity contribution < 1.29 is 0 Å². The Labute approximate surface area is 190 Å². The van der Waals surface area contributed by atoms with E-state index in [9.17, 15) is 0 Å². The van der Waals surface area contributed by atoms with Gasteiger partial charge in [-0.05, 0) is 68.8 Å². The minimum atomic E-state index is 0.366. The summed E-state index contributed by atoms with van der Waals surface area (Å²) in [5, 5.41) is 9.73. The number of aromatic nitrogens is 2. The van der Waals surface area contributed by atoms with E-state index in [0.29, 0.717) is 6.04 Å². The zero-order valence-corrected chi connectivity index (χ0v) is 19.0. The van der Waals surface area contributed by atoms with Gasteiger partial charge in [-0.3, -0.25) is 4.90 Å². The third-order valence-electron chi connectivity index (χ3n) is 6.72. The van der Waals surface area contributed by atoms with Gasteiger partial charge >= 0.3 is 0 Å². The van der Waals surface area contributed by atoms with E-state index >= 15 is 0 Å². The van der Waals surface area contributed by atoms with Crippen molar-refractivity contribution in [3.05, 3.63) is 75.9 Å². The van der Waals surface area contributed by atoms with Gasteiger partial charge in [0.15, 0.2) is 0 Å². The fourth-order valence-electron chi connectivity index (χ4n) is 5.00. The first kappa shape index (κ1) is 20.6. The predicted octanol–water partition coefficient (Wildman–Crippen LogP) is 6.31. The summed E-state index contributed by atoms with van der Waals surface area (Å²) in [5.41, 5.74) is 6.18. The van der Waals surface area contributed by atoms with Crippen LogP contribution in [0.5, 0.6) is 0 Å². The Balaban J connectivity index is 1.55. The standard InChI is InChI=1S/C26H31ClN4/c1-19-13-14-21(17-23(19)27)31-26-22(11-5-7-15-28-26)25(29-31)24-12-6-8-16-30(24)18-20-9-3-2-4-10-20/h2-4,9-10,13-14,17,24,28H,5-8,11-12,15-16,18H2,1H3. The molecule has 0 aliphatic carbocycles. The highest BCUT2D eigenvalue weighted by molar-refractivity contribution is 6.31. The van der Waals surface area contributed by atoms with Crippen LogP contribution in [-0.4, -0.2) is 27.8 Å². The lowest BCUT2D eigenvalue weighted by Gasteiger charge is -2.35. The molecule has 2 aliphatic rings. The molecule has 0 amide bonds. The molecule has 3 heterocycles. The van der Waals surface area contributed by atoms with Crippen LogP contribution in [0.25, 0.3) is 5.69 Å². The maximum absolute atomic E-state index is 6.48. The highest BCUT2D eigenvalue weighted by atomic mass is 35.5. The average molecular weight is 435 g/mol. The van der Waals surface area contributed by atoms with E-state index < -0.39 is 0 Å². The number of halogens is 1. The second kappa shape index (κ2) is 9.05. The van der Waals surface area contributed by atoms with Gasteiger partial charge in [-0.15, -0.1) is 0 Å². The molecule has 1 fully saturated rings. The summed E-state index contributed by atoms with van der Waals surface area (Å²) in [6.45, 7) is 5.15. The first-order valence-electron chi connectivity index (χ1n) is 11.6. The number of piperidine rings is 1. The summed E-state index contributed by atoms with van der Waals surface area (Å²) in [5.74, 6) is 1.16.